The molecule has 1 saturated carbocycles. The molecule has 0 aliphatic heterocycles. The molecule has 3 rings (SSSR count). The van der Waals surface area contributed by atoms with E-state index in [-0.39, 0.29) is 17.4 Å². The zero-order chi connectivity index (χ0) is 19.2. The molecule has 1 fully saturated rings. The molecule has 3 N–H and O–H groups in total. The van der Waals surface area contributed by atoms with E-state index in [2.05, 4.69) is 10.6 Å². The van der Waals surface area contributed by atoms with E-state index in [0.29, 0.717) is 23.7 Å². The van der Waals surface area contributed by atoms with Gasteiger partial charge in [-0.2, -0.15) is 0 Å². The van der Waals surface area contributed by atoms with Crippen molar-refractivity contribution in [3.63, 3.8) is 0 Å². The molecule has 2 aromatic rings. The van der Waals surface area contributed by atoms with Crippen LogP contribution in [0, 0.1) is 0 Å². The molecule has 1 aliphatic rings. The van der Waals surface area contributed by atoms with Crippen LogP contribution in [0.1, 0.15) is 57.9 Å². The first-order valence-corrected chi connectivity index (χ1v) is 9.97. The van der Waals surface area contributed by atoms with Crippen LogP contribution in [0.3, 0.4) is 0 Å². The predicted octanol–water partition coefficient (Wildman–Crippen LogP) is 4.41. The fraction of sp³-hybridized carbons (Fsp3) is 0.400. The lowest BCUT2D eigenvalue weighted by Crippen LogP contribution is -2.14. The van der Waals surface area contributed by atoms with Gasteiger partial charge >= 0.3 is 5.97 Å². The highest BCUT2D eigenvalue weighted by Gasteiger charge is 2.27. The van der Waals surface area contributed by atoms with Gasteiger partial charge in [-0.15, -0.1) is 11.3 Å². The van der Waals surface area contributed by atoms with Crippen molar-refractivity contribution in [1.82, 2.24) is 0 Å². The minimum absolute atomic E-state index is 0.248. The van der Waals surface area contributed by atoms with Crippen LogP contribution in [0.25, 0.3) is 0 Å². The second-order valence-electron chi connectivity index (χ2n) is 6.63. The molecule has 1 aliphatic carbocycles. The molecule has 0 spiro atoms. The van der Waals surface area contributed by atoms with Gasteiger partial charge in [0.05, 0.1) is 12.2 Å². The standard InChI is InChI=1S/C20H24N2O4S/c1-26-11-10-21-15-8-6-14(7-9-15)18(23)22-19-17(20(24)25)16(12-27-19)13-4-2-3-5-13/h6-9,12-13,21H,2-5,10-11H2,1H3,(H,22,23)(H,24,25). The Morgan fingerprint density at radius 3 is 2.56 bits per heavy atom. The Labute approximate surface area is 162 Å². The number of benzene rings is 1. The third-order valence-corrected chi connectivity index (χ3v) is 5.75. The molecule has 0 radical (unpaired) electrons. The van der Waals surface area contributed by atoms with Crippen LogP contribution < -0.4 is 10.6 Å². The third-order valence-electron chi connectivity index (χ3n) is 4.84. The number of carboxylic acid groups (broad SMARTS) is 1. The number of amides is 1. The van der Waals surface area contributed by atoms with Gasteiger partial charge in [0.2, 0.25) is 0 Å². The van der Waals surface area contributed by atoms with Gasteiger partial charge < -0.3 is 20.5 Å². The molecule has 144 valence electrons. The van der Waals surface area contributed by atoms with Gasteiger partial charge in [0.15, 0.2) is 0 Å². The molecule has 7 heteroatoms. The maximum absolute atomic E-state index is 12.6. The maximum atomic E-state index is 12.6. The largest absolute Gasteiger partial charge is 0.478 e. The summed E-state index contributed by atoms with van der Waals surface area (Å²) in [6.07, 6.45) is 4.29. The Bertz CT molecular complexity index is 795. The highest BCUT2D eigenvalue weighted by molar-refractivity contribution is 7.15. The minimum Gasteiger partial charge on any atom is -0.478 e. The number of methoxy groups -OCH3 is 1. The van der Waals surface area contributed by atoms with Crippen LogP contribution in [-0.4, -0.2) is 37.2 Å². The van der Waals surface area contributed by atoms with Crippen molar-refractivity contribution in [2.75, 3.05) is 30.9 Å². The molecule has 1 aromatic heterocycles. The van der Waals surface area contributed by atoms with Crippen LogP contribution >= 0.6 is 11.3 Å². The molecule has 1 heterocycles. The number of hydrogen-bond acceptors (Lipinski definition) is 5. The molecule has 6 nitrogen and oxygen atoms in total. The Balaban J connectivity index is 1.71. The number of carbonyl (C=O) groups excluding carboxylic acids is 1. The molecular weight excluding hydrogens is 364 g/mol. The van der Waals surface area contributed by atoms with Gasteiger partial charge in [-0.1, -0.05) is 12.8 Å². The lowest BCUT2D eigenvalue weighted by atomic mass is 9.96. The first-order chi connectivity index (χ1) is 13.1. The van der Waals surface area contributed by atoms with E-state index in [4.69, 9.17) is 4.74 Å². The van der Waals surface area contributed by atoms with E-state index < -0.39 is 5.97 Å². The summed E-state index contributed by atoms with van der Waals surface area (Å²) in [5.74, 6) is -0.998. The van der Waals surface area contributed by atoms with Crippen LogP contribution in [0.15, 0.2) is 29.6 Å². The second-order valence-corrected chi connectivity index (χ2v) is 7.51. The van der Waals surface area contributed by atoms with Crippen LogP contribution in [0.4, 0.5) is 10.7 Å². The summed E-state index contributed by atoms with van der Waals surface area (Å²) in [4.78, 5) is 24.3. The van der Waals surface area contributed by atoms with E-state index in [9.17, 15) is 14.7 Å². The molecule has 0 bridgehead atoms. The van der Waals surface area contributed by atoms with Gasteiger partial charge in [0, 0.05) is 24.9 Å². The van der Waals surface area contributed by atoms with E-state index in [1.807, 2.05) is 17.5 Å². The van der Waals surface area contributed by atoms with Crippen LogP contribution in [-0.2, 0) is 4.74 Å². The topological polar surface area (TPSA) is 87.7 Å². The number of thiophene rings is 1. The van der Waals surface area contributed by atoms with Crippen molar-refractivity contribution in [1.29, 1.82) is 0 Å². The average Bonchev–Trinajstić information content (AvgIpc) is 3.32. The van der Waals surface area contributed by atoms with Gasteiger partial charge in [-0.3, -0.25) is 4.79 Å². The third kappa shape index (κ3) is 4.67. The molecular formula is C20H24N2O4S. The maximum Gasteiger partial charge on any atom is 0.339 e. The van der Waals surface area contributed by atoms with Crippen molar-refractivity contribution in [2.45, 2.75) is 31.6 Å². The number of carboxylic acids is 1. The number of anilines is 2. The van der Waals surface area contributed by atoms with Crippen molar-refractivity contribution in [3.8, 4) is 0 Å². The van der Waals surface area contributed by atoms with E-state index >= 15 is 0 Å². The van der Waals surface area contributed by atoms with Gasteiger partial charge in [-0.25, -0.2) is 4.79 Å². The molecule has 1 aromatic carbocycles. The molecule has 27 heavy (non-hydrogen) atoms. The van der Waals surface area contributed by atoms with E-state index in [1.165, 1.54) is 11.3 Å². The SMILES string of the molecule is COCCNc1ccc(C(=O)Nc2scc(C3CCCC3)c2C(=O)O)cc1. The van der Waals surface area contributed by atoms with Crippen molar-refractivity contribution in [3.05, 3.63) is 46.3 Å². The summed E-state index contributed by atoms with van der Waals surface area (Å²) in [5.41, 5.74) is 2.49. The lowest BCUT2D eigenvalue weighted by molar-refractivity contribution is 0.0697. The van der Waals surface area contributed by atoms with Gasteiger partial charge in [0.25, 0.3) is 5.91 Å². The fourth-order valence-electron chi connectivity index (χ4n) is 3.43. The first-order valence-electron chi connectivity index (χ1n) is 9.09. The molecule has 0 unspecified atom stereocenters. The summed E-state index contributed by atoms with van der Waals surface area (Å²) in [7, 11) is 1.64. The summed E-state index contributed by atoms with van der Waals surface area (Å²) in [6.45, 7) is 1.28. The highest BCUT2D eigenvalue weighted by Crippen LogP contribution is 2.41. The number of ether oxygens (including phenoxy) is 1. The van der Waals surface area contributed by atoms with Crippen LogP contribution in [0.5, 0.6) is 0 Å². The minimum atomic E-state index is -0.980. The summed E-state index contributed by atoms with van der Waals surface area (Å²) < 4.78 is 4.99. The first kappa shape index (κ1) is 19.4. The average molecular weight is 388 g/mol. The Kier molecular flexibility index (Phi) is 6.47. The Hall–Kier alpha value is -2.38. The van der Waals surface area contributed by atoms with Crippen molar-refractivity contribution in [2.24, 2.45) is 0 Å². The number of nitrogens with one attached hydrogen (secondary N) is 2. The summed E-state index contributed by atoms with van der Waals surface area (Å²) in [6, 6.07) is 7.08. The van der Waals surface area contributed by atoms with Gasteiger partial charge in [-0.05, 0) is 54.0 Å². The zero-order valence-electron chi connectivity index (χ0n) is 15.3. The summed E-state index contributed by atoms with van der Waals surface area (Å²) in [5, 5.41) is 17.9. The second kappa shape index (κ2) is 9.01. The lowest BCUT2D eigenvalue weighted by Gasteiger charge is -2.10. The number of carbonyl (C=O) groups is 2. The highest BCUT2D eigenvalue weighted by atomic mass is 32.1. The quantitative estimate of drug-likeness (QED) is 0.583. The zero-order valence-corrected chi connectivity index (χ0v) is 16.1. The van der Waals surface area contributed by atoms with Crippen molar-refractivity contribution >= 4 is 33.9 Å². The number of rotatable bonds is 8. The Morgan fingerprint density at radius 2 is 1.93 bits per heavy atom. The smallest absolute Gasteiger partial charge is 0.339 e. The monoisotopic (exact) mass is 388 g/mol. The fourth-order valence-corrected chi connectivity index (χ4v) is 4.46. The number of aromatic carboxylic acids is 1. The predicted molar refractivity (Wildman–Crippen MR) is 107 cm³/mol. The number of hydrogen-bond donors (Lipinski definition) is 3. The normalized spacial score (nSPS) is 14.3. The van der Waals surface area contributed by atoms with E-state index in [0.717, 1.165) is 36.9 Å². The van der Waals surface area contributed by atoms with Gasteiger partial charge in [0.1, 0.15) is 5.00 Å². The van der Waals surface area contributed by atoms with E-state index in [1.54, 1.807) is 19.2 Å². The van der Waals surface area contributed by atoms with Crippen molar-refractivity contribution < 1.29 is 19.4 Å². The molecule has 1 amide bonds. The summed E-state index contributed by atoms with van der Waals surface area (Å²) >= 11 is 1.29. The molecule has 0 atom stereocenters. The Morgan fingerprint density at radius 1 is 1.22 bits per heavy atom. The van der Waals surface area contributed by atoms with Crippen LogP contribution in [0.2, 0.25) is 0 Å². The molecule has 0 saturated heterocycles.